The van der Waals surface area contributed by atoms with E-state index in [2.05, 4.69) is 0 Å². The number of hydrogen-bond acceptors (Lipinski definition) is 16. The van der Waals surface area contributed by atoms with Crippen molar-refractivity contribution in [3.8, 4) is 0 Å². The molecule has 0 aromatic heterocycles. The summed E-state index contributed by atoms with van der Waals surface area (Å²) in [6, 6.07) is 0. The van der Waals surface area contributed by atoms with Crippen LogP contribution in [-0.2, 0) is 47.6 Å². The molecular formula is C34H46O16. The average molecular weight is 711 g/mol. The number of aliphatic hydroxyl groups is 6. The van der Waals surface area contributed by atoms with E-state index in [1.807, 2.05) is 13.8 Å². The Morgan fingerprint density at radius 2 is 1.72 bits per heavy atom. The second-order valence-corrected chi connectivity index (χ2v) is 15.1. The lowest BCUT2D eigenvalue weighted by Gasteiger charge is -2.67. The molecule has 5 fully saturated rings. The van der Waals surface area contributed by atoms with Crippen LogP contribution in [0.1, 0.15) is 47.5 Å². The fraction of sp³-hybridized carbons (Fsp3) is 0.765. The molecule has 2 bridgehead atoms. The Hall–Kier alpha value is -2.96. The zero-order valence-corrected chi connectivity index (χ0v) is 28.7. The molecule has 0 unspecified atom stereocenters. The molecule has 3 saturated heterocycles. The number of aliphatic hydroxyl groups excluding tert-OH is 6. The van der Waals surface area contributed by atoms with E-state index in [4.69, 9.17) is 28.4 Å². The van der Waals surface area contributed by atoms with Crippen LogP contribution in [0.4, 0.5) is 0 Å². The number of esters is 3. The van der Waals surface area contributed by atoms with Crippen LogP contribution in [0, 0.1) is 34.5 Å². The molecule has 6 N–H and O–H groups in total. The Labute approximate surface area is 287 Å². The third-order valence-electron chi connectivity index (χ3n) is 12.4. The van der Waals surface area contributed by atoms with E-state index in [-0.39, 0.29) is 31.1 Å². The number of allylic oxidation sites excluding steroid dienone is 3. The van der Waals surface area contributed by atoms with Crippen LogP contribution in [0.2, 0.25) is 0 Å². The summed E-state index contributed by atoms with van der Waals surface area (Å²) in [6.07, 6.45) is -13.7. The van der Waals surface area contributed by atoms with Crippen molar-refractivity contribution in [2.45, 2.75) is 108 Å². The smallest absolute Gasteiger partial charge is 0.348 e. The molecule has 6 rings (SSSR count). The van der Waals surface area contributed by atoms with Gasteiger partial charge >= 0.3 is 17.9 Å². The molecule has 2 saturated carbocycles. The highest BCUT2D eigenvalue weighted by molar-refractivity contribution is 5.96. The number of ether oxygens (including phenoxy) is 6. The maximum Gasteiger partial charge on any atom is 0.348 e. The van der Waals surface area contributed by atoms with Gasteiger partial charge in [0.15, 0.2) is 11.5 Å². The van der Waals surface area contributed by atoms with Gasteiger partial charge in [-0.3, -0.25) is 4.79 Å². The number of carbonyl (C=O) groups excluding carboxylic acids is 4. The third kappa shape index (κ3) is 4.94. The molecule has 1 spiro atoms. The SMILES string of the molecule is COC(=O)[C@]12OC[C@@]34[C@H](C[C@H]5C(C)=C(O[C@@H]6O[C@H](CO)[C@@H](O)[C@H](O)[C@H]6O)C(=O)C[C@]5(C)[C@H]3[C@@H](O)[C@@H]1O)OC(=O)[C@H](OC(=O)/C=C(\C)C(C)C)[C@@H]24. The van der Waals surface area contributed by atoms with Crippen molar-refractivity contribution in [1.29, 1.82) is 0 Å². The van der Waals surface area contributed by atoms with Crippen LogP contribution < -0.4 is 0 Å². The minimum absolute atomic E-state index is 0.0225. The molecule has 16 heteroatoms. The Bertz CT molecular complexity index is 1500. The molecule has 0 aromatic carbocycles. The highest BCUT2D eigenvalue weighted by Crippen LogP contribution is 2.73. The fourth-order valence-corrected chi connectivity index (χ4v) is 9.80. The van der Waals surface area contributed by atoms with E-state index in [1.165, 1.54) is 6.08 Å². The Kier molecular flexibility index (Phi) is 9.29. The van der Waals surface area contributed by atoms with Crippen molar-refractivity contribution >= 4 is 23.7 Å². The Morgan fingerprint density at radius 3 is 2.34 bits per heavy atom. The predicted octanol–water partition coefficient (Wildman–Crippen LogP) is -1.59. The van der Waals surface area contributed by atoms with Crippen LogP contribution in [0.15, 0.2) is 23.0 Å². The van der Waals surface area contributed by atoms with E-state index < -0.39 is 120 Å². The van der Waals surface area contributed by atoms with Crippen molar-refractivity contribution in [2.75, 3.05) is 20.3 Å². The van der Waals surface area contributed by atoms with E-state index in [1.54, 1.807) is 20.8 Å². The van der Waals surface area contributed by atoms with Crippen LogP contribution in [-0.4, -0.2) is 135 Å². The van der Waals surface area contributed by atoms with E-state index in [9.17, 15) is 49.8 Å². The van der Waals surface area contributed by atoms with Gasteiger partial charge in [0.2, 0.25) is 18.0 Å². The third-order valence-corrected chi connectivity index (χ3v) is 12.4. The first-order valence-corrected chi connectivity index (χ1v) is 16.8. The number of hydrogen-bond donors (Lipinski definition) is 6. The number of Topliss-reactive ketones (excluding diaryl/α,β-unsaturated/α-hetero) is 1. The number of carbonyl (C=O) groups is 4. The average Bonchev–Trinajstić information content (AvgIpc) is 3.37. The molecule has 0 aromatic rings. The minimum Gasteiger partial charge on any atom is -0.467 e. The van der Waals surface area contributed by atoms with Crippen LogP contribution in [0.25, 0.3) is 0 Å². The van der Waals surface area contributed by atoms with Gasteiger partial charge in [-0.15, -0.1) is 0 Å². The van der Waals surface area contributed by atoms with Gasteiger partial charge in [-0.1, -0.05) is 26.3 Å². The molecule has 278 valence electrons. The molecule has 3 aliphatic carbocycles. The monoisotopic (exact) mass is 710 g/mol. The van der Waals surface area contributed by atoms with E-state index >= 15 is 0 Å². The van der Waals surface area contributed by atoms with Crippen molar-refractivity contribution in [3.05, 3.63) is 23.0 Å². The summed E-state index contributed by atoms with van der Waals surface area (Å²) in [5, 5.41) is 64.6. The molecule has 0 radical (unpaired) electrons. The van der Waals surface area contributed by atoms with E-state index in [0.29, 0.717) is 11.1 Å². The zero-order chi connectivity index (χ0) is 36.8. The Morgan fingerprint density at radius 1 is 1.04 bits per heavy atom. The van der Waals surface area contributed by atoms with Gasteiger partial charge in [-0.25, -0.2) is 14.4 Å². The lowest BCUT2D eigenvalue weighted by atomic mass is 9.38. The second-order valence-electron chi connectivity index (χ2n) is 15.1. The number of methoxy groups -OCH3 is 1. The summed E-state index contributed by atoms with van der Waals surface area (Å²) in [4.78, 5) is 54.6. The summed E-state index contributed by atoms with van der Waals surface area (Å²) < 4.78 is 34.3. The minimum atomic E-state index is -2.33. The first-order chi connectivity index (χ1) is 23.4. The predicted molar refractivity (Wildman–Crippen MR) is 164 cm³/mol. The van der Waals surface area contributed by atoms with Crippen molar-refractivity contribution < 1.29 is 78.2 Å². The summed E-state index contributed by atoms with van der Waals surface area (Å²) in [5.74, 6) is -6.90. The van der Waals surface area contributed by atoms with E-state index in [0.717, 1.165) is 7.11 Å². The topological polar surface area (TPSA) is 245 Å². The Balaban J connectivity index is 1.44. The summed E-state index contributed by atoms with van der Waals surface area (Å²) in [7, 11) is 1.06. The lowest BCUT2D eigenvalue weighted by Crippen LogP contribution is -2.79. The summed E-state index contributed by atoms with van der Waals surface area (Å²) >= 11 is 0. The van der Waals surface area contributed by atoms with Gasteiger partial charge in [0.25, 0.3) is 0 Å². The highest BCUT2D eigenvalue weighted by atomic mass is 16.7. The number of ketones is 1. The van der Waals surface area contributed by atoms with Gasteiger partial charge in [-0.05, 0) is 43.1 Å². The fourth-order valence-electron chi connectivity index (χ4n) is 9.80. The largest absolute Gasteiger partial charge is 0.467 e. The molecule has 0 amide bonds. The molecule has 3 heterocycles. The van der Waals surface area contributed by atoms with Crippen molar-refractivity contribution in [2.24, 2.45) is 34.5 Å². The maximum absolute atomic E-state index is 14.0. The quantitative estimate of drug-likeness (QED) is 0.0991. The first kappa shape index (κ1) is 36.8. The first-order valence-electron chi connectivity index (χ1n) is 16.8. The molecule has 6 aliphatic rings. The summed E-state index contributed by atoms with van der Waals surface area (Å²) in [5.41, 5.74) is -3.97. The highest BCUT2D eigenvalue weighted by Gasteiger charge is 2.85. The second kappa shape index (κ2) is 12.6. The van der Waals surface area contributed by atoms with Gasteiger partial charge < -0.3 is 59.1 Å². The normalized spacial score (nSPS) is 46.9. The zero-order valence-electron chi connectivity index (χ0n) is 28.7. The lowest BCUT2D eigenvalue weighted by molar-refractivity contribution is -0.296. The molecular weight excluding hydrogens is 664 g/mol. The molecule has 50 heavy (non-hydrogen) atoms. The van der Waals surface area contributed by atoms with Crippen LogP contribution in [0.5, 0.6) is 0 Å². The molecule has 3 aliphatic heterocycles. The standard InChI is InChI=1S/C34H46O16/c1-12(2)13(3)7-19(37)49-25-27-33-11-46-34(27,31(44)45-6)28(42)23(41)26(33)32(5)9-16(36)24(14(4)15(32)8-18(33)48-29(25)43)50-30-22(40)21(39)20(38)17(10-35)47-30/h7,12,15,17-18,20-23,25-28,30,35,38-42H,8-11H2,1-6H3/b13-7+/t15-,17+,18-,20+,21-,22+,23+,25+,26+,27+,28-,30-,32-,33+,34+/m0/s1. The summed E-state index contributed by atoms with van der Waals surface area (Å²) in [6.45, 7) is 7.74. The molecule has 15 atom stereocenters. The van der Waals surface area contributed by atoms with Gasteiger partial charge in [-0.2, -0.15) is 0 Å². The number of fused-ring (bicyclic) bond motifs is 2. The van der Waals surface area contributed by atoms with Crippen molar-refractivity contribution in [3.63, 3.8) is 0 Å². The van der Waals surface area contributed by atoms with Gasteiger partial charge in [0, 0.05) is 23.8 Å². The van der Waals surface area contributed by atoms with Crippen LogP contribution in [0.3, 0.4) is 0 Å². The van der Waals surface area contributed by atoms with Crippen molar-refractivity contribution in [1.82, 2.24) is 0 Å². The molecule has 16 nitrogen and oxygen atoms in total. The van der Waals surface area contributed by atoms with Gasteiger partial charge in [0.05, 0.1) is 32.3 Å². The van der Waals surface area contributed by atoms with Crippen LogP contribution >= 0.6 is 0 Å². The number of rotatable bonds is 7. The maximum atomic E-state index is 14.0. The van der Waals surface area contributed by atoms with Gasteiger partial charge in [0.1, 0.15) is 36.6 Å².